The van der Waals surface area contributed by atoms with E-state index in [2.05, 4.69) is 28.1 Å². The quantitative estimate of drug-likeness (QED) is 0.736. The molecule has 0 amide bonds. The fraction of sp³-hybridized carbons (Fsp3) is 0.250. The van der Waals surface area contributed by atoms with Crippen LogP contribution in [0.2, 0.25) is 0 Å². The van der Waals surface area contributed by atoms with Crippen molar-refractivity contribution in [2.24, 2.45) is 0 Å². The van der Waals surface area contributed by atoms with Gasteiger partial charge in [0.25, 0.3) is 0 Å². The number of aryl methyl sites for hydroxylation is 1. The number of hydrogen-bond donors (Lipinski definition) is 0. The van der Waals surface area contributed by atoms with Crippen LogP contribution in [0.15, 0.2) is 53.0 Å². The molecule has 19 heavy (non-hydrogen) atoms. The van der Waals surface area contributed by atoms with Crippen molar-refractivity contribution >= 4 is 15.9 Å². The van der Waals surface area contributed by atoms with Gasteiger partial charge in [-0.05, 0) is 36.2 Å². The van der Waals surface area contributed by atoms with Crippen LogP contribution >= 0.6 is 15.9 Å². The van der Waals surface area contributed by atoms with Crippen molar-refractivity contribution in [1.29, 1.82) is 0 Å². The summed E-state index contributed by atoms with van der Waals surface area (Å²) in [5.41, 5.74) is 2.31. The monoisotopic (exact) mass is 320 g/mol. The van der Waals surface area contributed by atoms with Gasteiger partial charge in [0, 0.05) is 4.47 Å². The van der Waals surface area contributed by atoms with Crippen LogP contribution in [0, 0.1) is 6.92 Å². The molecule has 0 fully saturated rings. The number of rotatable bonds is 6. The fourth-order valence-electron chi connectivity index (χ4n) is 1.75. The normalized spacial score (nSPS) is 10.4. The molecule has 2 nitrogen and oxygen atoms in total. The van der Waals surface area contributed by atoms with E-state index in [-0.39, 0.29) is 0 Å². The average Bonchev–Trinajstić information content (AvgIpc) is 2.42. The molecule has 2 rings (SSSR count). The highest BCUT2D eigenvalue weighted by molar-refractivity contribution is 9.10. The molecule has 0 aromatic heterocycles. The molecule has 0 atom stereocenters. The molecule has 2 aromatic carbocycles. The molecule has 3 heteroatoms. The topological polar surface area (TPSA) is 18.5 Å². The van der Waals surface area contributed by atoms with E-state index in [9.17, 15) is 0 Å². The second-order valence-electron chi connectivity index (χ2n) is 4.30. The van der Waals surface area contributed by atoms with Crippen molar-refractivity contribution in [3.8, 4) is 5.75 Å². The van der Waals surface area contributed by atoms with Gasteiger partial charge in [0.1, 0.15) is 12.4 Å². The summed E-state index contributed by atoms with van der Waals surface area (Å²) in [6.45, 7) is 3.81. The molecule has 0 saturated carbocycles. The van der Waals surface area contributed by atoms with Gasteiger partial charge in [-0.25, -0.2) is 0 Å². The smallest absolute Gasteiger partial charge is 0.122 e. The Balaban J connectivity index is 1.69. The van der Waals surface area contributed by atoms with Gasteiger partial charge < -0.3 is 9.47 Å². The Kier molecular flexibility index (Phi) is 5.43. The van der Waals surface area contributed by atoms with Crippen LogP contribution in [0.1, 0.15) is 11.1 Å². The lowest BCUT2D eigenvalue weighted by Gasteiger charge is -2.09. The van der Waals surface area contributed by atoms with E-state index in [0.29, 0.717) is 19.8 Å². The Labute approximate surface area is 122 Å². The summed E-state index contributed by atoms with van der Waals surface area (Å²) in [6.07, 6.45) is 0. The Morgan fingerprint density at radius 1 is 1.00 bits per heavy atom. The molecular weight excluding hydrogens is 304 g/mol. The summed E-state index contributed by atoms with van der Waals surface area (Å²) in [7, 11) is 0. The molecule has 2 aromatic rings. The van der Waals surface area contributed by atoms with Crippen LogP contribution < -0.4 is 4.74 Å². The Morgan fingerprint density at radius 2 is 1.79 bits per heavy atom. The number of ether oxygens (including phenoxy) is 2. The third-order valence-electron chi connectivity index (χ3n) is 2.73. The lowest BCUT2D eigenvalue weighted by molar-refractivity contribution is 0.0887. The summed E-state index contributed by atoms with van der Waals surface area (Å²) in [5.74, 6) is 0.909. The van der Waals surface area contributed by atoms with E-state index in [1.165, 1.54) is 5.56 Å². The fourth-order valence-corrected chi connectivity index (χ4v) is 2.23. The third kappa shape index (κ3) is 4.69. The van der Waals surface area contributed by atoms with E-state index >= 15 is 0 Å². The van der Waals surface area contributed by atoms with Crippen LogP contribution in [0.25, 0.3) is 0 Å². The van der Waals surface area contributed by atoms with Gasteiger partial charge >= 0.3 is 0 Å². The van der Waals surface area contributed by atoms with Gasteiger partial charge in [0.2, 0.25) is 0 Å². The lowest BCUT2D eigenvalue weighted by atomic mass is 10.2. The first-order valence-electron chi connectivity index (χ1n) is 6.26. The lowest BCUT2D eigenvalue weighted by Crippen LogP contribution is -2.07. The molecular formula is C16H17BrO2. The second-order valence-corrected chi connectivity index (χ2v) is 5.21. The first-order chi connectivity index (χ1) is 9.25. The number of halogens is 1. The van der Waals surface area contributed by atoms with E-state index in [1.54, 1.807) is 0 Å². The molecule has 0 radical (unpaired) electrons. The Morgan fingerprint density at radius 3 is 2.53 bits per heavy atom. The van der Waals surface area contributed by atoms with Crippen molar-refractivity contribution in [1.82, 2.24) is 0 Å². The Bertz CT molecular complexity index is 511. The summed E-state index contributed by atoms with van der Waals surface area (Å²) in [4.78, 5) is 0. The highest BCUT2D eigenvalue weighted by atomic mass is 79.9. The number of benzene rings is 2. The van der Waals surface area contributed by atoms with Crippen molar-refractivity contribution in [3.63, 3.8) is 0 Å². The van der Waals surface area contributed by atoms with Crippen LogP contribution in [0.4, 0.5) is 0 Å². The zero-order chi connectivity index (χ0) is 13.5. The molecule has 0 heterocycles. The maximum Gasteiger partial charge on any atom is 0.122 e. The average molecular weight is 321 g/mol. The van der Waals surface area contributed by atoms with E-state index in [4.69, 9.17) is 9.47 Å². The van der Waals surface area contributed by atoms with Crippen LogP contribution in [0.5, 0.6) is 5.75 Å². The predicted octanol–water partition coefficient (Wildman–Crippen LogP) is 4.35. The van der Waals surface area contributed by atoms with Gasteiger partial charge in [-0.15, -0.1) is 0 Å². The molecule has 0 N–H and O–H groups in total. The van der Waals surface area contributed by atoms with E-state index < -0.39 is 0 Å². The van der Waals surface area contributed by atoms with Crippen molar-refractivity contribution < 1.29 is 9.47 Å². The van der Waals surface area contributed by atoms with Gasteiger partial charge in [-0.2, -0.15) is 0 Å². The first kappa shape index (κ1) is 14.1. The van der Waals surface area contributed by atoms with Crippen molar-refractivity contribution in [2.45, 2.75) is 13.5 Å². The zero-order valence-electron chi connectivity index (χ0n) is 10.9. The highest BCUT2D eigenvalue weighted by Crippen LogP contribution is 2.21. The van der Waals surface area contributed by atoms with Crippen molar-refractivity contribution in [3.05, 3.63) is 64.1 Å². The highest BCUT2D eigenvalue weighted by Gasteiger charge is 2.00. The summed E-state index contributed by atoms with van der Waals surface area (Å²) in [6, 6.07) is 16.1. The zero-order valence-corrected chi connectivity index (χ0v) is 12.5. The molecule has 0 aliphatic heterocycles. The largest absolute Gasteiger partial charge is 0.491 e. The maximum atomic E-state index is 5.68. The van der Waals surface area contributed by atoms with Gasteiger partial charge in [0.15, 0.2) is 0 Å². The first-order valence-corrected chi connectivity index (χ1v) is 7.05. The van der Waals surface area contributed by atoms with Crippen LogP contribution in [-0.4, -0.2) is 13.2 Å². The van der Waals surface area contributed by atoms with Gasteiger partial charge in [-0.3, -0.25) is 0 Å². The molecule has 0 spiro atoms. The SMILES string of the molecule is Cc1cc(Br)ccc1OCCOCc1ccccc1. The van der Waals surface area contributed by atoms with Gasteiger partial charge in [0.05, 0.1) is 13.2 Å². The Hall–Kier alpha value is -1.32. The molecule has 0 bridgehead atoms. The maximum absolute atomic E-state index is 5.68. The minimum absolute atomic E-state index is 0.565. The minimum atomic E-state index is 0.565. The van der Waals surface area contributed by atoms with E-state index in [0.717, 1.165) is 15.8 Å². The predicted molar refractivity (Wildman–Crippen MR) is 80.5 cm³/mol. The number of hydrogen-bond acceptors (Lipinski definition) is 2. The summed E-state index contributed by atoms with van der Waals surface area (Å²) < 4.78 is 12.3. The molecule has 100 valence electrons. The summed E-state index contributed by atoms with van der Waals surface area (Å²) >= 11 is 3.43. The molecule has 0 aliphatic carbocycles. The van der Waals surface area contributed by atoms with Crippen molar-refractivity contribution in [2.75, 3.05) is 13.2 Å². The third-order valence-corrected chi connectivity index (χ3v) is 3.23. The molecule has 0 aliphatic rings. The van der Waals surface area contributed by atoms with Gasteiger partial charge in [-0.1, -0.05) is 46.3 Å². The molecule has 0 unspecified atom stereocenters. The second kappa shape index (κ2) is 7.31. The summed E-state index contributed by atoms with van der Waals surface area (Å²) in [5, 5.41) is 0. The van der Waals surface area contributed by atoms with Crippen LogP contribution in [0.3, 0.4) is 0 Å². The standard InChI is InChI=1S/C16H17BrO2/c1-13-11-15(17)7-8-16(13)19-10-9-18-12-14-5-3-2-4-6-14/h2-8,11H,9-10,12H2,1H3. The minimum Gasteiger partial charge on any atom is -0.491 e. The van der Waals surface area contributed by atoms with Crippen LogP contribution in [-0.2, 0) is 11.3 Å². The molecule has 0 saturated heterocycles. The van der Waals surface area contributed by atoms with E-state index in [1.807, 2.05) is 43.3 Å².